The molecule has 0 aliphatic heterocycles. The molecular formula is C7H4O3. The molecule has 1 aliphatic rings. The van der Waals surface area contributed by atoms with Gasteiger partial charge in [-0.2, -0.15) is 0 Å². The smallest absolute Gasteiger partial charge is 0.177 e. The van der Waals surface area contributed by atoms with Crippen molar-refractivity contribution in [2.75, 3.05) is 0 Å². The van der Waals surface area contributed by atoms with Crippen LogP contribution in [0.1, 0.15) is 6.42 Å². The van der Waals surface area contributed by atoms with Gasteiger partial charge in [0.15, 0.2) is 5.76 Å². The summed E-state index contributed by atoms with van der Waals surface area (Å²) in [5, 5.41) is 9.75. The molecule has 2 radical (unpaired) electrons. The number of allylic oxidation sites excluding steroid dienone is 4. The normalized spacial score (nSPS) is 16.1. The van der Waals surface area contributed by atoms with Crippen LogP contribution >= 0.6 is 0 Å². The van der Waals surface area contributed by atoms with Crippen molar-refractivity contribution in [1.29, 1.82) is 0 Å². The monoisotopic (exact) mass is 136 g/mol. The molecule has 0 N–H and O–H groups in total. The quantitative estimate of drug-likeness (QED) is 0.303. The van der Waals surface area contributed by atoms with Gasteiger partial charge in [0.1, 0.15) is 5.94 Å². The van der Waals surface area contributed by atoms with Gasteiger partial charge < -0.3 is 4.89 Å². The Labute approximate surface area is 57.9 Å². The molecule has 0 unspecified atom stereocenters. The van der Waals surface area contributed by atoms with E-state index in [2.05, 4.69) is 11.0 Å². The highest BCUT2D eigenvalue weighted by Crippen LogP contribution is 2.11. The van der Waals surface area contributed by atoms with Gasteiger partial charge >= 0.3 is 0 Å². The summed E-state index contributed by atoms with van der Waals surface area (Å²) in [5.41, 5.74) is 0.313. The van der Waals surface area contributed by atoms with Gasteiger partial charge in [-0.05, 0) is 6.08 Å². The highest BCUT2D eigenvalue weighted by atomic mass is 17.1. The Balaban J connectivity index is 2.84. The van der Waals surface area contributed by atoms with Gasteiger partial charge in [0.25, 0.3) is 0 Å². The van der Waals surface area contributed by atoms with E-state index in [-0.39, 0.29) is 5.76 Å². The number of carbonyl (C=O) groups excluding carboxylic acids is 1. The van der Waals surface area contributed by atoms with E-state index < -0.39 is 0 Å². The van der Waals surface area contributed by atoms with Gasteiger partial charge in [-0.3, -0.25) is 0 Å². The second-order valence-electron chi connectivity index (χ2n) is 1.76. The van der Waals surface area contributed by atoms with Crippen LogP contribution in [0.2, 0.25) is 0 Å². The van der Waals surface area contributed by atoms with E-state index in [1.165, 1.54) is 6.08 Å². The predicted octanol–water partition coefficient (Wildman–Crippen LogP) is 0.753. The Kier molecular flexibility index (Phi) is 2.05. The number of rotatable bonds is 1. The topological polar surface area (TPSA) is 46.2 Å². The third-order valence-corrected chi connectivity index (χ3v) is 1.08. The Morgan fingerprint density at radius 2 is 2.50 bits per heavy atom. The molecule has 0 fully saturated rings. The van der Waals surface area contributed by atoms with Crippen molar-refractivity contribution in [3.63, 3.8) is 0 Å². The van der Waals surface area contributed by atoms with Crippen LogP contribution in [0.4, 0.5) is 0 Å². The number of hydrogen-bond acceptors (Lipinski definition) is 2. The molecule has 0 bridgehead atoms. The molecular weight excluding hydrogens is 132 g/mol. The van der Waals surface area contributed by atoms with E-state index in [0.29, 0.717) is 12.0 Å². The van der Waals surface area contributed by atoms with Crippen LogP contribution < -0.4 is 0 Å². The summed E-state index contributed by atoms with van der Waals surface area (Å²) in [4.78, 5) is 13.6. The second kappa shape index (κ2) is 3.01. The molecule has 1 rings (SSSR count). The molecule has 3 nitrogen and oxygen atoms in total. The average Bonchev–Trinajstić information content (AvgIpc) is 2.05. The minimum Gasteiger partial charge on any atom is -0.305 e. The first kappa shape index (κ1) is 6.81. The maximum atomic E-state index is 9.99. The first-order chi connectivity index (χ1) is 4.86. The zero-order valence-corrected chi connectivity index (χ0v) is 5.09. The third kappa shape index (κ3) is 1.35. The fourth-order valence-electron chi connectivity index (χ4n) is 0.641. The minimum atomic E-state index is 0.0320. The Morgan fingerprint density at radius 3 is 3.10 bits per heavy atom. The summed E-state index contributed by atoms with van der Waals surface area (Å²) in [5.74, 6) is 1.66. The van der Waals surface area contributed by atoms with Gasteiger partial charge in [-0.25, -0.2) is 4.79 Å². The lowest BCUT2D eigenvalue weighted by atomic mass is 10.1. The van der Waals surface area contributed by atoms with Crippen LogP contribution in [0.5, 0.6) is 0 Å². The average molecular weight is 136 g/mol. The summed E-state index contributed by atoms with van der Waals surface area (Å²) < 4.78 is 0. The molecule has 3 heteroatoms. The third-order valence-electron chi connectivity index (χ3n) is 1.08. The van der Waals surface area contributed by atoms with E-state index in [0.717, 1.165) is 0 Å². The predicted molar refractivity (Wildman–Crippen MR) is 31.5 cm³/mol. The lowest BCUT2D eigenvalue weighted by Gasteiger charge is -1.99. The van der Waals surface area contributed by atoms with Crippen molar-refractivity contribution in [2.24, 2.45) is 0 Å². The molecule has 1 aliphatic carbocycles. The fourth-order valence-corrected chi connectivity index (χ4v) is 0.641. The summed E-state index contributed by atoms with van der Waals surface area (Å²) in [6.45, 7) is 0. The molecule has 0 atom stereocenters. The molecule has 0 spiro atoms. The van der Waals surface area contributed by atoms with Crippen molar-refractivity contribution in [1.82, 2.24) is 0 Å². The molecule has 0 aromatic carbocycles. The standard InChI is InChI=1S/C7H4O3/c8-5-6-2-1-3-7(4-6)10-9/h1,3H,2H2. The van der Waals surface area contributed by atoms with Crippen LogP contribution in [0.15, 0.2) is 23.5 Å². The van der Waals surface area contributed by atoms with Crippen LogP contribution in [0, 0.1) is 6.08 Å². The lowest BCUT2D eigenvalue weighted by Crippen LogP contribution is -1.90. The van der Waals surface area contributed by atoms with E-state index in [1.807, 2.05) is 0 Å². The molecule has 0 saturated carbocycles. The summed E-state index contributed by atoms with van der Waals surface area (Å²) in [6.07, 6.45) is 6.02. The second-order valence-corrected chi connectivity index (χ2v) is 1.76. The molecule has 50 valence electrons. The molecule has 0 heterocycles. The molecule has 0 aromatic heterocycles. The molecule has 0 amide bonds. The Morgan fingerprint density at radius 1 is 1.70 bits per heavy atom. The summed E-state index contributed by atoms with van der Waals surface area (Å²) in [6, 6.07) is 0. The SMILES string of the molecule is [O]OC1=[C]C(=C=O)CC=C1. The summed E-state index contributed by atoms with van der Waals surface area (Å²) >= 11 is 0. The first-order valence-electron chi connectivity index (χ1n) is 2.71. The van der Waals surface area contributed by atoms with Gasteiger partial charge in [-0.15, -0.1) is 0 Å². The van der Waals surface area contributed by atoms with Crippen LogP contribution in [0.3, 0.4) is 0 Å². The Bertz CT molecular complexity index is 231. The van der Waals surface area contributed by atoms with Crippen molar-refractivity contribution < 1.29 is 14.9 Å². The zero-order chi connectivity index (χ0) is 7.40. The maximum Gasteiger partial charge on any atom is 0.177 e. The maximum absolute atomic E-state index is 9.99. The van der Waals surface area contributed by atoms with E-state index in [9.17, 15) is 10.1 Å². The largest absolute Gasteiger partial charge is 0.305 e. The van der Waals surface area contributed by atoms with Crippen molar-refractivity contribution in [2.45, 2.75) is 6.42 Å². The van der Waals surface area contributed by atoms with E-state index in [4.69, 9.17) is 0 Å². The zero-order valence-electron chi connectivity index (χ0n) is 5.09. The number of hydrogen-bond donors (Lipinski definition) is 0. The molecule has 0 saturated heterocycles. The van der Waals surface area contributed by atoms with Gasteiger partial charge in [0, 0.05) is 17.8 Å². The first-order valence-corrected chi connectivity index (χ1v) is 2.71. The highest BCUT2D eigenvalue weighted by Gasteiger charge is 2.03. The van der Waals surface area contributed by atoms with Crippen molar-refractivity contribution >= 4 is 5.94 Å². The van der Waals surface area contributed by atoms with Crippen LogP contribution in [-0.4, -0.2) is 5.94 Å². The van der Waals surface area contributed by atoms with Crippen molar-refractivity contribution in [3.8, 4) is 0 Å². The lowest BCUT2D eigenvalue weighted by molar-refractivity contribution is -0.265. The fraction of sp³-hybridized carbons (Fsp3) is 0.143. The van der Waals surface area contributed by atoms with E-state index in [1.54, 1.807) is 12.0 Å². The van der Waals surface area contributed by atoms with Gasteiger partial charge in [-0.1, -0.05) is 6.08 Å². The van der Waals surface area contributed by atoms with E-state index >= 15 is 0 Å². The van der Waals surface area contributed by atoms with Crippen LogP contribution in [-0.2, 0) is 14.9 Å². The highest BCUT2D eigenvalue weighted by molar-refractivity contribution is 5.57. The van der Waals surface area contributed by atoms with Gasteiger partial charge in [0.05, 0.1) is 5.57 Å². The van der Waals surface area contributed by atoms with Crippen molar-refractivity contribution in [3.05, 3.63) is 29.6 Å². The van der Waals surface area contributed by atoms with Gasteiger partial charge in [0.2, 0.25) is 0 Å². The minimum absolute atomic E-state index is 0.0320. The molecule has 10 heavy (non-hydrogen) atoms. The Hall–Kier alpha value is -1.31. The summed E-state index contributed by atoms with van der Waals surface area (Å²) in [7, 11) is 0. The van der Waals surface area contributed by atoms with Crippen LogP contribution in [0.25, 0.3) is 0 Å². The molecule has 0 aromatic rings.